The number of carbonyl (C=O) groups excluding carboxylic acids is 2. The lowest BCUT2D eigenvalue weighted by atomic mass is 10.1. The van der Waals surface area contributed by atoms with Crippen LogP contribution in [-0.4, -0.2) is 36.3 Å². The number of carbonyl (C=O) groups is 2. The van der Waals surface area contributed by atoms with E-state index < -0.39 is 0 Å². The van der Waals surface area contributed by atoms with Crippen molar-refractivity contribution in [3.63, 3.8) is 0 Å². The Bertz CT molecular complexity index is 461. The van der Waals surface area contributed by atoms with Gasteiger partial charge in [-0.15, -0.1) is 12.4 Å². The van der Waals surface area contributed by atoms with Gasteiger partial charge in [-0.2, -0.15) is 0 Å². The normalized spacial score (nSPS) is 17.0. The quantitative estimate of drug-likeness (QED) is 0.820. The van der Waals surface area contributed by atoms with Crippen LogP contribution in [0.3, 0.4) is 0 Å². The fraction of sp³-hybridized carbons (Fsp3) is 0.467. The maximum Gasteiger partial charge on any atom is 0.227 e. The van der Waals surface area contributed by atoms with Gasteiger partial charge in [-0.25, -0.2) is 0 Å². The monoisotopic (exact) mass is 311 g/mol. The molecule has 0 aromatic heterocycles. The second kappa shape index (κ2) is 8.64. The molecule has 0 aliphatic carbocycles. The molecule has 6 heteroatoms. The van der Waals surface area contributed by atoms with Crippen LogP contribution >= 0.6 is 12.4 Å². The van der Waals surface area contributed by atoms with Crippen LogP contribution in [0.5, 0.6) is 0 Å². The highest BCUT2D eigenvalue weighted by Crippen LogP contribution is 2.15. The molecule has 1 saturated heterocycles. The number of primary amides is 1. The predicted molar refractivity (Wildman–Crippen MR) is 83.9 cm³/mol. The van der Waals surface area contributed by atoms with Gasteiger partial charge >= 0.3 is 0 Å². The Morgan fingerprint density at radius 1 is 1.29 bits per heavy atom. The van der Waals surface area contributed by atoms with Crippen molar-refractivity contribution in [2.24, 2.45) is 11.7 Å². The molecule has 1 aliphatic rings. The van der Waals surface area contributed by atoms with Crippen LogP contribution in [0.2, 0.25) is 0 Å². The summed E-state index contributed by atoms with van der Waals surface area (Å²) in [5.41, 5.74) is 6.26. The highest BCUT2D eigenvalue weighted by Gasteiger charge is 2.27. The number of nitrogens with zero attached hydrogens (tertiary/aromatic N) is 1. The Hall–Kier alpha value is -1.59. The topological polar surface area (TPSA) is 75.4 Å². The number of amides is 2. The Morgan fingerprint density at radius 3 is 2.57 bits per heavy atom. The fourth-order valence-corrected chi connectivity index (χ4v) is 2.44. The number of hydrogen-bond donors (Lipinski definition) is 2. The van der Waals surface area contributed by atoms with E-state index in [0.717, 1.165) is 25.1 Å². The van der Waals surface area contributed by atoms with Crippen LogP contribution in [-0.2, 0) is 16.1 Å². The maximum absolute atomic E-state index is 12.5. The third-order valence-corrected chi connectivity index (χ3v) is 3.57. The first-order valence-corrected chi connectivity index (χ1v) is 6.98. The van der Waals surface area contributed by atoms with E-state index in [2.05, 4.69) is 5.32 Å². The van der Waals surface area contributed by atoms with Gasteiger partial charge in [0.1, 0.15) is 0 Å². The largest absolute Gasteiger partial charge is 0.370 e. The molecule has 2 rings (SSSR count). The van der Waals surface area contributed by atoms with E-state index in [1.165, 1.54) is 0 Å². The molecule has 1 aromatic carbocycles. The Balaban J connectivity index is 0.00000220. The maximum atomic E-state index is 12.5. The Morgan fingerprint density at radius 2 is 2.00 bits per heavy atom. The van der Waals surface area contributed by atoms with Gasteiger partial charge in [-0.3, -0.25) is 9.59 Å². The van der Waals surface area contributed by atoms with E-state index >= 15 is 0 Å². The van der Waals surface area contributed by atoms with Crippen LogP contribution in [0, 0.1) is 5.92 Å². The van der Waals surface area contributed by atoms with Crippen molar-refractivity contribution in [2.45, 2.75) is 19.4 Å². The third kappa shape index (κ3) is 5.36. The summed E-state index contributed by atoms with van der Waals surface area (Å²) >= 11 is 0. The summed E-state index contributed by atoms with van der Waals surface area (Å²) in [5.74, 6) is -0.243. The van der Waals surface area contributed by atoms with E-state index in [-0.39, 0.29) is 36.6 Å². The summed E-state index contributed by atoms with van der Waals surface area (Å²) in [4.78, 5) is 25.2. The second-order valence-electron chi connectivity index (χ2n) is 5.15. The van der Waals surface area contributed by atoms with Crippen LogP contribution in [0.25, 0.3) is 0 Å². The van der Waals surface area contributed by atoms with Crippen molar-refractivity contribution >= 4 is 24.2 Å². The molecule has 1 atom stereocenters. The highest BCUT2D eigenvalue weighted by molar-refractivity contribution is 5.85. The number of halogens is 1. The zero-order valence-electron chi connectivity index (χ0n) is 12.0. The molecule has 0 saturated carbocycles. The van der Waals surface area contributed by atoms with Gasteiger partial charge < -0.3 is 16.0 Å². The first kappa shape index (κ1) is 17.5. The summed E-state index contributed by atoms with van der Waals surface area (Å²) in [7, 11) is 0. The zero-order valence-corrected chi connectivity index (χ0v) is 12.8. The lowest BCUT2D eigenvalue weighted by Gasteiger charge is -2.25. The molecule has 21 heavy (non-hydrogen) atoms. The van der Waals surface area contributed by atoms with E-state index in [1.807, 2.05) is 30.3 Å². The number of hydrogen-bond acceptors (Lipinski definition) is 3. The van der Waals surface area contributed by atoms with Gasteiger partial charge in [-0.1, -0.05) is 30.3 Å². The lowest BCUT2D eigenvalue weighted by molar-refractivity contribution is -0.136. The van der Waals surface area contributed by atoms with Crippen molar-refractivity contribution in [3.8, 4) is 0 Å². The summed E-state index contributed by atoms with van der Waals surface area (Å²) in [5, 5.41) is 3.20. The molecule has 1 heterocycles. The summed E-state index contributed by atoms with van der Waals surface area (Å²) in [6.45, 7) is 2.52. The van der Waals surface area contributed by atoms with Crippen molar-refractivity contribution in [1.29, 1.82) is 0 Å². The predicted octanol–water partition coefficient (Wildman–Crippen LogP) is 0.922. The smallest absolute Gasteiger partial charge is 0.227 e. The second-order valence-corrected chi connectivity index (χ2v) is 5.15. The lowest BCUT2D eigenvalue weighted by Crippen LogP contribution is -2.38. The molecule has 1 fully saturated rings. The first-order chi connectivity index (χ1) is 9.66. The van der Waals surface area contributed by atoms with Crippen LogP contribution in [0.1, 0.15) is 18.4 Å². The number of rotatable bonds is 6. The van der Waals surface area contributed by atoms with Gasteiger partial charge in [0.25, 0.3) is 0 Å². The summed E-state index contributed by atoms with van der Waals surface area (Å²) in [6.07, 6.45) is 1.07. The van der Waals surface area contributed by atoms with Gasteiger partial charge in [0, 0.05) is 26.1 Å². The molecule has 2 amide bonds. The van der Waals surface area contributed by atoms with Crippen molar-refractivity contribution in [1.82, 2.24) is 10.2 Å². The molecular formula is C15H22ClN3O2. The number of nitrogens with one attached hydrogen (secondary N) is 1. The first-order valence-electron chi connectivity index (χ1n) is 6.98. The van der Waals surface area contributed by atoms with E-state index in [4.69, 9.17) is 5.73 Å². The van der Waals surface area contributed by atoms with Gasteiger partial charge in [0.15, 0.2) is 0 Å². The van der Waals surface area contributed by atoms with Crippen LogP contribution in [0.4, 0.5) is 0 Å². The minimum atomic E-state index is -0.375. The highest BCUT2D eigenvalue weighted by atomic mass is 35.5. The third-order valence-electron chi connectivity index (χ3n) is 3.57. The fourth-order valence-electron chi connectivity index (χ4n) is 2.44. The molecule has 1 aromatic rings. The van der Waals surface area contributed by atoms with Gasteiger partial charge in [0.05, 0.1) is 5.92 Å². The van der Waals surface area contributed by atoms with E-state index in [0.29, 0.717) is 13.1 Å². The SMILES string of the molecule is Cl.NC(=O)CCN(Cc1ccccc1)C(=O)C1CCNC1. The number of benzene rings is 1. The zero-order chi connectivity index (χ0) is 14.4. The number of nitrogens with two attached hydrogens (primary N) is 1. The average molecular weight is 312 g/mol. The van der Waals surface area contributed by atoms with Crippen molar-refractivity contribution in [3.05, 3.63) is 35.9 Å². The standard InChI is InChI=1S/C15H21N3O2.ClH/c16-14(19)7-9-18(11-12-4-2-1-3-5-12)15(20)13-6-8-17-10-13;/h1-5,13,17H,6-11H2,(H2,16,19);1H. The molecule has 116 valence electrons. The minimum Gasteiger partial charge on any atom is -0.370 e. The van der Waals surface area contributed by atoms with E-state index in [9.17, 15) is 9.59 Å². The van der Waals surface area contributed by atoms with Crippen LogP contribution in [0.15, 0.2) is 30.3 Å². The minimum absolute atomic E-state index is 0. The molecule has 1 aliphatic heterocycles. The molecular weight excluding hydrogens is 290 g/mol. The van der Waals surface area contributed by atoms with Gasteiger partial charge in [0.2, 0.25) is 11.8 Å². The summed E-state index contributed by atoms with van der Waals surface area (Å²) in [6, 6.07) is 9.81. The van der Waals surface area contributed by atoms with Crippen molar-refractivity contribution < 1.29 is 9.59 Å². The Labute approximate surface area is 131 Å². The van der Waals surface area contributed by atoms with E-state index in [1.54, 1.807) is 4.90 Å². The van der Waals surface area contributed by atoms with Crippen molar-refractivity contribution in [2.75, 3.05) is 19.6 Å². The Kier molecular flexibility index (Phi) is 7.19. The molecule has 5 nitrogen and oxygen atoms in total. The molecule has 0 bridgehead atoms. The van der Waals surface area contributed by atoms with Crippen LogP contribution < -0.4 is 11.1 Å². The molecule has 0 spiro atoms. The molecule has 3 N–H and O–H groups in total. The summed E-state index contributed by atoms with van der Waals surface area (Å²) < 4.78 is 0. The average Bonchev–Trinajstić information content (AvgIpc) is 2.97. The van der Waals surface area contributed by atoms with Gasteiger partial charge in [-0.05, 0) is 18.5 Å². The molecule has 0 radical (unpaired) electrons. The molecule has 1 unspecified atom stereocenters.